The quantitative estimate of drug-likeness (QED) is 0.728. The van der Waals surface area contributed by atoms with Crippen LogP contribution in [-0.4, -0.2) is 43.0 Å². The van der Waals surface area contributed by atoms with Crippen LogP contribution in [-0.2, 0) is 4.79 Å². The highest BCUT2D eigenvalue weighted by molar-refractivity contribution is 5.79. The Bertz CT molecular complexity index is 223. The first kappa shape index (κ1) is 14.5. The summed E-state index contributed by atoms with van der Waals surface area (Å²) in [7, 11) is 0. The number of carbonyl (C=O) groups excluding carboxylic acids is 1. The van der Waals surface area contributed by atoms with E-state index in [1.54, 1.807) is 0 Å². The Morgan fingerprint density at radius 1 is 1.35 bits per heavy atom. The van der Waals surface area contributed by atoms with Crippen LogP contribution in [0.4, 0.5) is 0 Å². The maximum absolute atomic E-state index is 11.8. The maximum atomic E-state index is 11.8. The van der Waals surface area contributed by atoms with Crippen molar-refractivity contribution in [3.63, 3.8) is 0 Å². The van der Waals surface area contributed by atoms with Gasteiger partial charge in [0.1, 0.15) is 0 Å². The molecule has 1 rings (SSSR count). The normalized spacial score (nSPS) is 20.9. The van der Waals surface area contributed by atoms with Crippen molar-refractivity contribution >= 4 is 5.91 Å². The lowest BCUT2D eigenvalue weighted by Gasteiger charge is -2.29. The Hall–Kier alpha value is -0.610. The van der Waals surface area contributed by atoms with E-state index in [2.05, 4.69) is 17.1 Å². The van der Waals surface area contributed by atoms with E-state index in [4.69, 9.17) is 5.73 Å². The van der Waals surface area contributed by atoms with Gasteiger partial charge in [-0.3, -0.25) is 4.79 Å². The van der Waals surface area contributed by atoms with E-state index in [1.807, 2.05) is 6.92 Å². The number of nitrogens with zero attached hydrogens (tertiary/aromatic N) is 1. The predicted octanol–water partition coefficient (Wildman–Crippen LogP) is 0.962. The second-order valence-electron chi connectivity index (χ2n) is 5.11. The third-order valence-corrected chi connectivity index (χ3v) is 3.52. The lowest BCUT2D eigenvalue weighted by molar-refractivity contribution is -0.125. The van der Waals surface area contributed by atoms with Crippen LogP contribution in [0.3, 0.4) is 0 Å². The minimum atomic E-state index is -0.0289. The van der Waals surface area contributed by atoms with E-state index in [-0.39, 0.29) is 17.9 Å². The molecule has 0 radical (unpaired) electrons. The average Bonchev–Trinajstić information content (AvgIpc) is 2.31. The van der Waals surface area contributed by atoms with Crippen LogP contribution >= 0.6 is 0 Å². The summed E-state index contributed by atoms with van der Waals surface area (Å²) in [6.45, 7) is 7.84. The van der Waals surface area contributed by atoms with Gasteiger partial charge in [0, 0.05) is 25.0 Å². The smallest absolute Gasteiger partial charge is 0.224 e. The number of nitrogens with two attached hydrogens (primary N) is 1. The molecule has 0 aromatic rings. The van der Waals surface area contributed by atoms with Gasteiger partial charge in [-0.15, -0.1) is 0 Å². The fourth-order valence-electron chi connectivity index (χ4n) is 2.39. The molecule has 100 valence electrons. The molecule has 4 nitrogen and oxygen atoms in total. The van der Waals surface area contributed by atoms with Crippen LogP contribution in [0.5, 0.6) is 0 Å². The van der Waals surface area contributed by atoms with Gasteiger partial charge in [-0.25, -0.2) is 0 Å². The molecule has 2 unspecified atom stereocenters. The van der Waals surface area contributed by atoms with Gasteiger partial charge in [-0.2, -0.15) is 0 Å². The Kier molecular flexibility index (Phi) is 6.52. The molecule has 1 aliphatic heterocycles. The van der Waals surface area contributed by atoms with Crippen molar-refractivity contribution in [1.29, 1.82) is 0 Å². The van der Waals surface area contributed by atoms with Gasteiger partial charge in [-0.05, 0) is 39.3 Å². The summed E-state index contributed by atoms with van der Waals surface area (Å²) in [5.41, 5.74) is 5.57. The molecule has 0 aliphatic carbocycles. The molecule has 1 aliphatic rings. The van der Waals surface area contributed by atoms with Gasteiger partial charge in [0.2, 0.25) is 5.91 Å². The monoisotopic (exact) mass is 241 g/mol. The molecule has 4 heteroatoms. The largest absolute Gasteiger partial charge is 0.352 e. The lowest BCUT2D eigenvalue weighted by atomic mass is 10.1. The summed E-state index contributed by atoms with van der Waals surface area (Å²) >= 11 is 0. The highest BCUT2D eigenvalue weighted by Gasteiger charge is 2.18. The summed E-state index contributed by atoms with van der Waals surface area (Å²) in [4.78, 5) is 14.3. The van der Waals surface area contributed by atoms with Crippen LogP contribution in [0, 0.1) is 5.92 Å². The number of amides is 1. The molecule has 2 atom stereocenters. The average molecular weight is 241 g/mol. The molecule has 1 fully saturated rings. The second-order valence-corrected chi connectivity index (χ2v) is 5.11. The molecule has 17 heavy (non-hydrogen) atoms. The van der Waals surface area contributed by atoms with E-state index in [0.717, 1.165) is 13.0 Å². The Morgan fingerprint density at radius 3 is 2.53 bits per heavy atom. The van der Waals surface area contributed by atoms with Crippen molar-refractivity contribution in [3.05, 3.63) is 0 Å². The van der Waals surface area contributed by atoms with Crippen LogP contribution in [0.2, 0.25) is 0 Å². The summed E-state index contributed by atoms with van der Waals surface area (Å²) in [6, 6.07) is 0.223. The molecule has 3 N–H and O–H groups in total. The molecule has 0 saturated carbocycles. The first-order chi connectivity index (χ1) is 8.17. The molecule has 0 bridgehead atoms. The Labute approximate surface area is 105 Å². The third-order valence-electron chi connectivity index (χ3n) is 3.52. The Morgan fingerprint density at radius 2 is 2.00 bits per heavy atom. The SMILES string of the molecule is CCC(CN)C(=O)NC(C)CN1CCCCC1. The topological polar surface area (TPSA) is 58.4 Å². The Balaban J connectivity index is 2.27. The zero-order valence-electron chi connectivity index (χ0n) is 11.2. The maximum Gasteiger partial charge on any atom is 0.224 e. The van der Waals surface area contributed by atoms with Crippen LogP contribution in [0.15, 0.2) is 0 Å². The minimum Gasteiger partial charge on any atom is -0.352 e. The zero-order chi connectivity index (χ0) is 12.7. The van der Waals surface area contributed by atoms with E-state index >= 15 is 0 Å². The lowest BCUT2D eigenvalue weighted by Crippen LogP contribution is -2.46. The van der Waals surface area contributed by atoms with Gasteiger partial charge < -0.3 is 16.0 Å². The molecule has 1 amide bonds. The van der Waals surface area contributed by atoms with Crippen LogP contribution < -0.4 is 11.1 Å². The third kappa shape index (κ3) is 5.04. The van der Waals surface area contributed by atoms with Crippen molar-refractivity contribution in [2.45, 2.75) is 45.6 Å². The molecule has 1 saturated heterocycles. The fraction of sp³-hybridized carbons (Fsp3) is 0.923. The fourth-order valence-corrected chi connectivity index (χ4v) is 2.39. The summed E-state index contributed by atoms with van der Waals surface area (Å²) in [5, 5.41) is 3.07. The summed E-state index contributed by atoms with van der Waals surface area (Å²) < 4.78 is 0. The zero-order valence-corrected chi connectivity index (χ0v) is 11.2. The van der Waals surface area contributed by atoms with Crippen LogP contribution in [0.25, 0.3) is 0 Å². The first-order valence-electron chi connectivity index (χ1n) is 6.90. The molecule has 0 aromatic heterocycles. The highest BCUT2D eigenvalue weighted by Crippen LogP contribution is 2.09. The molecular formula is C13H27N3O. The van der Waals surface area contributed by atoms with Crippen molar-refractivity contribution in [1.82, 2.24) is 10.2 Å². The van der Waals surface area contributed by atoms with E-state index < -0.39 is 0 Å². The number of hydrogen-bond donors (Lipinski definition) is 2. The van der Waals surface area contributed by atoms with Crippen molar-refractivity contribution in [2.75, 3.05) is 26.2 Å². The number of hydrogen-bond acceptors (Lipinski definition) is 3. The first-order valence-corrected chi connectivity index (χ1v) is 6.90. The standard InChI is InChI=1S/C13H27N3O/c1-3-12(9-14)13(17)15-11(2)10-16-7-5-4-6-8-16/h11-12H,3-10,14H2,1-2H3,(H,15,17). The molecular weight excluding hydrogens is 214 g/mol. The predicted molar refractivity (Wildman–Crippen MR) is 70.7 cm³/mol. The number of piperidine rings is 1. The number of carbonyl (C=O) groups is 1. The van der Waals surface area contributed by atoms with E-state index in [0.29, 0.717) is 6.54 Å². The molecule has 1 heterocycles. The number of likely N-dealkylation sites (tertiary alicyclic amines) is 1. The molecule has 0 aromatic carbocycles. The molecule has 0 spiro atoms. The number of rotatable bonds is 6. The number of nitrogens with one attached hydrogen (secondary N) is 1. The van der Waals surface area contributed by atoms with Gasteiger partial charge in [0.25, 0.3) is 0 Å². The van der Waals surface area contributed by atoms with Crippen LogP contribution in [0.1, 0.15) is 39.5 Å². The van der Waals surface area contributed by atoms with Gasteiger partial charge >= 0.3 is 0 Å². The van der Waals surface area contributed by atoms with E-state index in [9.17, 15) is 4.79 Å². The van der Waals surface area contributed by atoms with Crippen molar-refractivity contribution in [3.8, 4) is 0 Å². The highest BCUT2D eigenvalue weighted by atomic mass is 16.1. The van der Waals surface area contributed by atoms with Crippen molar-refractivity contribution < 1.29 is 4.79 Å². The van der Waals surface area contributed by atoms with Gasteiger partial charge in [0.05, 0.1) is 0 Å². The minimum absolute atomic E-state index is 0.0289. The second kappa shape index (κ2) is 7.67. The van der Waals surface area contributed by atoms with Gasteiger partial charge in [-0.1, -0.05) is 13.3 Å². The summed E-state index contributed by atoms with van der Waals surface area (Å²) in [6.07, 6.45) is 4.75. The van der Waals surface area contributed by atoms with E-state index in [1.165, 1.54) is 32.4 Å². The summed E-state index contributed by atoms with van der Waals surface area (Å²) in [5.74, 6) is 0.0818. The van der Waals surface area contributed by atoms with Crippen molar-refractivity contribution in [2.24, 2.45) is 11.7 Å². The van der Waals surface area contributed by atoms with Gasteiger partial charge in [0.15, 0.2) is 0 Å².